The minimum atomic E-state index is -3.41. The first-order chi connectivity index (χ1) is 13.2. The molecule has 0 radical (unpaired) electrons. The summed E-state index contributed by atoms with van der Waals surface area (Å²) in [6, 6.07) is 10.5. The molecular formula is C17H19ClN2O6S2. The predicted molar refractivity (Wildman–Crippen MR) is 105 cm³/mol. The first-order valence-corrected chi connectivity index (χ1v) is 10.9. The van der Waals surface area contributed by atoms with Gasteiger partial charge in [-0.25, -0.2) is 18.0 Å². The number of piperazine rings is 1. The molecule has 1 aliphatic heterocycles. The molecule has 1 aliphatic rings. The molecular weight excluding hydrogens is 428 g/mol. The van der Waals surface area contributed by atoms with Crippen molar-refractivity contribution in [1.82, 2.24) is 9.21 Å². The van der Waals surface area contributed by atoms with Gasteiger partial charge in [0.05, 0.1) is 4.90 Å². The molecule has 1 aromatic heterocycles. The maximum Gasteiger partial charge on any atom is 0.414 e. The van der Waals surface area contributed by atoms with Gasteiger partial charge in [-0.1, -0.05) is 17.7 Å². The molecule has 3 rings (SSSR count). The average molecular weight is 447 g/mol. The Labute approximate surface area is 171 Å². The fourth-order valence-electron chi connectivity index (χ4n) is 2.51. The van der Waals surface area contributed by atoms with E-state index in [1.54, 1.807) is 39.9 Å². The first-order valence-electron chi connectivity index (χ1n) is 8.17. The normalized spacial score (nSPS) is 15.5. The smallest absolute Gasteiger partial charge is 0.414 e. The van der Waals surface area contributed by atoms with Crippen molar-refractivity contribution >= 4 is 44.9 Å². The second kappa shape index (κ2) is 9.99. The monoisotopic (exact) mass is 446 g/mol. The van der Waals surface area contributed by atoms with Crippen LogP contribution in [0.5, 0.6) is 0 Å². The van der Waals surface area contributed by atoms with Gasteiger partial charge in [-0.05, 0) is 35.7 Å². The zero-order valence-corrected chi connectivity index (χ0v) is 17.1. The Kier molecular flexibility index (Phi) is 7.96. The second-order valence-electron chi connectivity index (χ2n) is 5.82. The van der Waals surface area contributed by atoms with Crippen LogP contribution in [0.1, 0.15) is 4.88 Å². The van der Waals surface area contributed by atoms with Crippen LogP contribution in [0.2, 0.25) is 5.02 Å². The minimum Gasteiger partial charge on any atom is -0.473 e. The Morgan fingerprint density at radius 3 is 2.04 bits per heavy atom. The molecule has 1 fully saturated rings. The lowest BCUT2D eigenvalue weighted by Gasteiger charge is -2.33. The molecule has 152 valence electrons. The van der Waals surface area contributed by atoms with Gasteiger partial charge < -0.3 is 10.2 Å². The van der Waals surface area contributed by atoms with Gasteiger partial charge in [-0.2, -0.15) is 4.31 Å². The number of hydrogen-bond acceptors (Lipinski definition) is 6. The summed E-state index contributed by atoms with van der Waals surface area (Å²) in [6.45, 7) is 3.45. The highest BCUT2D eigenvalue weighted by molar-refractivity contribution is 7.89. The number of sulfonamides is 1. The molecule has 2 heterocycles. The van der Waals surface area contributed by atoms with Crippen molar-refractivity contribution in [2.75, 3.05) is 26.2 Å². The van der Waals surface area contributed by atoms with Crippen molar-refractivity contribution in [3.63, 3.8) is 0 Å². The van der Waals surface area contributed by atoms with E-state index in [1.807, 2.05) is 6.07 Å². The summed E-state index contributed by atoms with van der Waals surface area (Å²) < 4.78 is 26.7. The van der Waals surface area contributed by atoms with E-state index in [4.69, 9.17) is 31.4 Å². The molecule has 0 unspecified atom stereocenters. The lowest BCUT2D eigenvalue weighted by Crippen LogP contribution is -2.48. The van der Waals surface area contributed by atoms with Gasteiger partial charge in [0.15, 0.2) is 0 Å². The van der Waals surface area contributed by atoms with Crippen molar-refractivity contribution in [3.05, 3.63) is 51.7 Å². The lowest BCUT2D eigenvalue weighted by atomic mass is 10.3. The number of carbonyl (C=O) groups is 2. The quantitative estimate of drug-likeness (QED) is 0.690. The topological polar surface area (TPSA) is 115 Å². The second-order valence-corrected chi connectivity index (χ2v) is 9.23. The van der Waals surface area contributed by atoms with Crippen molar-refractivity contribution in [3.8, 4) is 0 Å². The molecule has 2 aromatic rings. The van der Waals surface area contributed by atoms with Crippen LogP contribution in [0, 0.1) is 0 Å². The highest BCUT2D eigenvalue weighted by atomic mass is 35.5. The maximum absolute atomic E-state index is 12.6. The molecule has 2 N–H and O–H groups in total. The number of hydrogen-bond donors (Lipinski definition) is 2. The van der Waals surface area contributed by atoms with Crippen molar-refractivity contribution < 1.29 is 28.2 Å². The Morgan fingerprint density at radius 1 is 1.00 bits per heavy atom. The molecule has 0 bridgehead atoms. The van der Waals surface area contributed by atoms with E-state index >= 15 is 0 Å². The molecule has 1 aromatic carbocycles. The molecule has 0 spiro atoms. The van der Waals surface area contributed by atoms with E-state index in [0.29, 0.717) is 23.0 Å². The molecule has 8 nitrogen and oxygen atoms in total. The van der Waals surface area contributed by atoms with Crippen LogP contribution in [0.25, 0.3) is 0 Å². The largest absolute Gasteiger partial charge is 0.473 e. The van der Waals surface area contributed by atoms with Crippen LogP contribution in [0.3, 0.4) is 0 Å². The molecule has 1 saturated heterocycles. The van der Waals surface area contributed by atoms with Crippen LogP contribution in [0.15, 0.2) is 46.7 Å². The van der Waals surface area contributed by atoms with Crippen molar-refractivity contribution in [2.24, 2.45) is 0 Å². The third kappa shape index (κ3) is 6.28. The zero-order valence-electron chi connectivity index (χ0n) is 14.7. The highest BCUT2D eigenvalue weighted by Gasteiger charge is 2.28. The average Bonchev–Trinajstić information content (AvgIpc) is 3.16. The Hall–Kier alpha value is -1.98. The number of carboxylic acid groups (broad SMARTS) is 2. The van der Waals surface area contributed by atoms with E-state index in [9.17, 15) is 8.42 Å². The van der Waals surface area contributed by atoms with Gasteiger partial charge in [0.1, 0.15) is 0 Å². The Morgan fingerprint density at radius 2 is 1.57 bits per heavy atom. The summed E-state index contributed by atoms with van der Waals surface area (Å²) in [6.07, 6.45) is 0. The molecule has 28 heavy (non-hydrogen) atoms. The summed E-state index contributed by atoms with van der Waals surface area (Å²) in [7, 11) is -3.41. The van der Waals surface area contributed by atoms with Crippen LogP contribution < -0.4 is 0 Å². The maximum atomic E-state index is 12.6. The number of aliphatic carboxylic acids is 2. The van der Waals surface area contributed by atoms with E-state index < -0.39 is 22.0 Å². The van der Waals surface area contributed by atoms with Crippen LogP contribution in [0.4, 0.5) is 0 Å². The number of benzene rings is 1. The Bertz CT molecular complexity index is 880. The minimum absolute atomic E-state index is 0.309. The number of halogens is 1. The molecule has 11 heteroatoms. The van der Waals surface area contributed by atoms with Crippen LogP contribution in [-0.2, 0) is 26.2 Å². The molecule has 0 saturated carbocycles. The van der Waals surface area contributed by atoms with E-state index in [2.05, 4.69) is 16.3 Å². The predicted octanol–water partition coefficient (Wildman–Crippen LogP) is 2.06. The van der Waals surface area contributed by atoms with Gasteiger partial charge in [-0.3, -0.25) is 4.90 Å². The lowest BCUT2D eigenvalue weighted by molar-refractivity contribution is -0.159. The third-order valence-corrected chi connectivity index (χ3v) is 6.95. The summed E-state index contributed by atoms with van der Waals surface area (Å²) in [5.41, 5.74) is 0. The van der Waals surface area contributed by atoms with Gasteiger partial charge in [0.25, 0.3) is 0 Å². The number of thiophene rings is 1. The van der Waals surface area contributed by atoms with Crippen molar-refractivity contribution in [1.29, 1.82) is 0 Å². The Balaban J connectivity index is 0.000000409. The molecule has 0 amide bonds. The summed E-state index contributed by atoms with van der Waals surface area (Å²) >= 11 is 7.56. The molecule has 0 atom stereocenters. The highest BCUT2D eigenvalue weighted by Crippen LogP contribution is 2.21. The third-order valence-electron chi connectivity index (χ3n) is 3.93. The van der Waals surface area contributed by atoms with Gasteiger partial charge in [0, 0.05) is 42.6 Å². The van der Waals surface area contributed by atoms with Crippen LogP contribution >= 0.6 is 22.9 Å². The van der Waals surface area contributed by atoms with E-state index in [1.165, 1.54) is 4.88 Å². The zero-order chi connectivity index (χ0) is 20.7. The summed E-state index contributed by atoms with van der Waals surface area (Å²) in [5, 5.41) is 17.4. The fraction of sp³-hybridized carbons (Fsp3) is 0.294. The van der Waals surface area contributed by atoms with Gasteiger partial charge >= 0.3 is 11.9 Å². The summed E-state index contributed by atoms with van der Waals surface area (Å²) in [5.74, 6) is -3.65. The van der Waals surface area contributed by atoms with E-state index in [-0.39, 0.29) is 0 Å². The number of rotatable bonds is 4. The van der Waals surface area contributed by atoms with Crippen molar-refractivity contribution in [2.45, 2.75) is 11.4 Å². The SMILES string of the molecule is O=C(O)C(=O)O.O=S(=O)(c1ccc(Cl)cc1)N1CCN(Cc2cccs2)CC1. The van der Waals surface area contributed by atoms with Gasteiger partial charge in [0.2, 0.25) is 10.0 Å². The number of carboxylic acids is 2. The van der Waals surface area contributed by atoms with Crippen LogP contribution in [-0.4, -0.2) is 66.0 Å². The van der Waals surface area contributed by atoms with E-state index in [0.717, 1.165) is 19.6 Å². The van der Waals surface area contributed by atoms with Gasteiger partial charge in [-0.15, -0.1) is 11.3 Å². The standard InChI is InChI=1S/C15H17ClN2O2S2.C2H2O4/c16-13-3-5-15(6-4-13)22(19,20)18-9-7-17(8-10-18)12-14-2-1-11-21-14;3-1(4)2(5)6/h1-6,11H,7-10,12H2;(H,3,4)(H,5,6). The molecule has 0 aliphatic carbocycles. The fourth-order valence-corrected chi connectivity index (χ4v) is 4.80. The number of nitrogens with zero attached hydrogens (tertiary/aromatic N) is 2. The summed E-state index contributed by atoms with van der Waals surface area (Å²) in [4.78, 5) is 22.1. The first kappa shape index (κ1) is 22.3.